The molecule has 11 nitrogen and oxygen atoms in total. The van der Waals surface area contributed by atoms with E-state index in [1.54, 1.807) is 17.8 Å². The van der Waals surface area contributed by atoms with Crippen LogP contribution in [-0.2, 0) is 16.4 Å². The van der Waals surface area contributed by atoms with Crippen molar-refractivity contribution < 1.29 is 30.8 Å². The Morgan fingerprint density at radius 1 is 1.05 bits per heavy atom. The third-order valence-electron chi connectivity index (χ3n) is 5.63. The van der Waals surface area contributed by atoms with Crippen LogP contribution in [0.1, 0.15) is 11.4 Å². The average molecular weight is 536 g/mol. The molecule has 194 valence electrons. The fraction of sp³-hybridized carbons (Fsp3) is 0.318. The van der Waals surface area contributed by atoms with Crippen molar-refractivity contribution in [2.45, 2.75) is 19.8 Å². The number of benzene rings is 1. The predicted molar refractivity (Wildman–Crippen MR) is 124 cm³/mol. The van der Waals surface area contributed by atoms with E-state index in [-0.39, 0.29) is 34.8 Å². The van der Waals surface area contributed by atoms with Crippen LogP contribution < -0.4 is 9.64 Å². The molecule has 4 aromatic rings. The van der Waals surface area contributed by atoms with E-state index in [0.717, 1.165) is 17.7 Å². The molecule has 0 atom stereocenters. The molecule has 0 saturated carbocycles. The minimum absolute atomic E-state index is 0.0532. The van der Waals surface area contributed by atoms with Crippen LogP contribution in [0.5, 0.6) is 5.75 Å². The normalized spacial score (nSPS) is 15.6. The summed E-state index contributed by atoms with van der Waals surface area (Å²) in [6.07, 6.45) is -3.12. The van der Waals surface area contributed by atoms with E-state index in [0.29, 0.717) is 36.8 Å². The van der Waals surface area contributed by atoms with Gasteiger partial charge < -0.3 is 14.2 Å². The fourth-order valence-corrected chi connectivity index (χ4v) is 4.95. The minimum Gasteiger partial charge on any atom is -0.406 e. The molecule has 15 heteroatoms. The topological polar surface area (TPSA) is 129 Å². The van der Waals surface area contributed by atoms with Gasteiger partial charge in [0.15, 0.2) is 9.84 Å². The number of anilines is 1. The van der Waals surface area contributed by atoms with E-state index in [1.807, 2.05) is 17.0 Å². The van der Waals surface area contributed by atoms with Crippen LogP contribution in [0.4, 0.5) is 19.0 Å². The van der Waals surface area contributed by atoms with Gasteiger partial charge in [0.2, 0.25) is 11.6 Å². The summed E-state index contributed by atoms with van der Waals surface area (Å²) in [5.74, 6) is 1.53. The minimum atomic E-state index is -4.78. The van der Waals surface area contributed by atoms with E-state index in [9.17, 15) is 21.6 Å². The molecular weight excluding hydrogens is 515 g/mol. The molecule has 0 radical (unpaired) electrons. The second-order valence-electron chi connectivity index (χ2n) is 8.30. The zero-order valence-electron chi connectivity index (χ0n) is 19.4. The summed E-state index contributed by atoms with van der Waals surface area (Å²) in [5.41, 5.74) is 1.32. The lowest BCUT2D eigenvalue weighted by atomic mass is 10.2. The maximum Gasteiger partial charge on any atom is 0.573 e. The molecule has 1 aromatic carbocycles. The zero-order valence-corrected chi connectivity index (χ0v) is 20.2. The molecule has 4 heterocycles. The molecule has 0 aliphatic carbocycles. The highest BCUT2D eigenvalue weighted by Crippen LogP contribution is 2.26. The molecule has 0 amide bonds. The summed E-state index contributed by atoms with van der Waals surface area (Å²) >= 11 is 0. The van der Waals surface area contributed by atoms with Gasteiger partial charge in [-0.3, -0.25) is 0 Å². The number of nitrogens with zero attached hydrogens (tertiary/aromatic N) is 7. The number of hydrogen-bond donors (Lipinski definition) is 0. The van der Waals surface area contributed by atoms with E-state index in [4.69, 9.17) is 4.52 Å². The molecule has 1 fully saturated rings. The van der Waals surface area contributed by atoms with Crippen molar-refractivity contribution in [3.05, 3.63) is 54.0 Å². The van der Waals surface area contributed by atoms with Crippen molar-refractivity contribution in [3.8, 4) is 28.9 Å². The number of aryl methyl sites for hydroxylation is 1. The maximum atomic E-state index is 12.4. The third kappa shape index (κ3) is 5.87. The number of sulfone groups is 1. The van der Waals surface area contributed by atoms with Crippen molar-refractivity contribution in [2.24, 2.45) is 0 Å². The van der Waals surface area contributed by atoms with Crippen molar-refractivity contribution in [2.75, 3.05) is 29.5 Å². The van der Waals surface area contributed by atoms with E-state index < -0.39 is 16.2 Å². The average Bonchev–Trinajstić information content (AvgIpc) is 3.46. The van der Waals surface area contributed by atoms with Gasteiger partial charge in [0.1, 0.15) is 17.4 Å². The molecule has 5 rings (SSSR count). The largest absolute Gasteiger partial charge is 0.573 e. The van der Waals surface area contributed by atoms with Crippen molar-refractivity contribution >= 4 is 15.7 Å². The Balaban J connectivity index is 1.29. The predicted octanol–water partition coefficient (Wildman–Crippen LogP) is 2.88. The van der Waals surface area contributed by atoms with Gasteiger partial charge in [-0.05, 0) is 48.9 Å². The number of hydrogen-bond acceptors (Lipinski definition) is 10. The van der Waals surface area contributed by atoms with Crippen LogP contribution >= 0.6 is 0 Å². The van der Waals surface area contributed by atoms with Gasteiger partial charge in [0.25, 0.3) is 5.89 Å². The molecule has 1 saturated heterocycles. The van der Waals surface area contributed by atoms with Crippen LogP contribution in [0.15, 0.2) is 47.1 Å². The van der Waals surface area contributed by atoms with Crippen molar-refractivity contribution in [1.82, 2.24) is 29.9 Å². The number of alkyl halides is 3. The lowest BCUT2D eigenvalue weighted by Gasteiger charge is -2.27. The highest BCUT2D eigenvalue weighted by Gasteiger charge is 2.31. The summed E-state index contributed by atoms with van der Waals surface area (Å²) in [4.78, 5) is 15.0. The van der Waals surface area contributed by atoms with Crippen LogP contribution in [0, 0.1) is 6.92 Å². The van der Waals surface area contributed by atoms with Crippen molar-refractivity contribution in [3.63, 3.8) is 0 Å². The molecule has 1 aliphatic rings. The van der Waals surface area contributed by atoms with Gasteiger partial charge in [-0.1, -0.05) is 5.16 Å². The molecule has 1 aliphatic heterocycles. The van der Waals surface area contributed by atoms with Gasteiger partial charge in [-0.2, -0.15) is 4.98 Å². The first kappa shape index (κ1) is 24.7. The first-order chi connectivity index (χ1) is 17.5. The van der Waals surface area contributed by atoms with Gasteiger partial charge in [-0.25, -0.2) is 23.1 Å². The highest BCUT2D eigenvalue weighted by atomic mass is 32.2. The lowest BCUT2D eigenvalue weighted by Crippen LogP contribution is -2.40. The molecule has 0 bridgehead atoms. The highest BCUT2D eigenvalue weighted by molar-refractivity contribution is 7.91. The Labute approximate surface area is 208 Å². The zero-order chi connectivity index (χ0) is 26.2. The summed E-state index contributed by atoms with van der Waals surface area (Å²) < 4.78 is 71.3. The van der Waals surface area contributed by atoms with E-state index in [1.165, 1.54) is 12.1 Å². The fourth-order valence-electron chi connectivity index (χ4n) is 3.74. The van der Waals surface area contributed by atoms with E-state index >= 15 is 0 Å². The SMILES string of the molecule is Cc1nc(-c2nc(-c3ccc(OC(F)(F)F)cc3)no2)nn1Cc1ccnc(N2CCS(=O)(=O)CC2)c1. The Bertz CT molecular complexity index is 1500. The van der Waals surface area contributed by atoms with Crippen LogP contribution in [0.2, 0.25) is 0 Å². The first-order valence-corrected chi connectivity index (χ1v) is 12.9. The second-order valence-corrected chi connectivity index (χ2v) is 10.6. The van der Waals surface area contributed by atoms with Gasteiger partial charge in [-0.15, -0.1) is 18.3 Å². The summed E-state index contributed by atoms with van der Waals surface area (Å²) in [7, 11) is -2.99. The van der Waals surface area contributed by atoms with Gasteiger partial charge >= 0.3 is 6.36 Å². The van der Waals surface area contributed by atoms with E-state index in [2.05, 4.69) is 29.9 Å². The molecule has 0 N–H and O–H groups in total. The van der Waals surface area contributed by atoms with Crippen molar-refractivity contribution in [1.29, 1.82) is 0 Å². The number of rotatable bonds is 6. The Morgan fingerprint density at radius 3 is 2.49 bits per heavy atom. The molecule has 0 unspecified atom stereocenters. The van der Waals surface area contributed by atoms with Gasteiger partial charge in [0.05, 0.1) is 18.1 Å². The Kier molecular flexibility index (Phi) is 6.31. The van der Waals surface area contributed by atoms with Crippen LogP contribution in [0.25, 0.3) is 23.1 Å². The maximum absolute atomic E-state index is 12.4. The van der Waals surface area contributed by atoms with Crippen LogP contribution in [0.3, 0.4) is 0 Å². The summed E-state index contributed by atoms with van der Waals surface area (Å²) in [6.45, 7) is 2.93. The smallest absolute Gasteiger partial charge is 0.406 e. The monoisotopic (exact) mass is 535 g/mol. The standard InChI is InChI=1S/C22H20F3N7O4S/c1-14-27-20(21-28-19(30-36-21)16-2-4-17(5-3-16)35-22(23,24)25)29-32(14)13-15-6-7-26-18(12-15)31-8-10-37(33,34)11-9-31/h2-7,12H,8-11,13H2,1H3. The molecular formula is C22H20F3N7O4S. The first-order valence-electron chi connectivity index (χ1n) is 11.1. The summed E-state index contributed by atoms with van der Waals surface area (Å²) in [5, 5.41) is 8.32. The number of aromatic nitrogens is 6. The third-order valence-corrected chi connectivity index (χ3v) is 7.24. The Morgan fingerprint density at radius 2 is 1.78 bits per heavy atom. The number of pyridine rings is 1. The molecule has 37 heavy (non-hydrogen) atoms. The Hall–Kier alpha value is -4.01. The number of ether oxygens (including phenoxy) is 1. The second kappa shape index (κ2) is 9.46. The molecule has 3 aromatic heterocycles. The number of halogens is 3. The van der Waals surface area contributed by atoms with Gasteiger partial charge in [0, 0.05) is 24.8 Å². The van der Waals surface area contributed by atoms with Crippen LogP contribution in [-0.4, -0.2) is 69.3 Å². The quantitative estimate of drug-likeness (QED) is 0.363. The lowest BCUT2D eigenvalue weighted by molar-refractivity contribution is -0.274. The summed E-state index contributed by atoms with van der Waals surface area (Å²) in [6, 6.07) is 8.79. The molecule has 0 spiro atoms.